The predicted molar refractivity (Wildman–Crippen MR) is 42.6 cm³/mol. The lowest BCUT2D eigenvalue weighted by Crippen LogP contribution is -1.98. The fourth-order valence-corrected chi connectivity index (χ4v) is 0.617. The first-order chi connectivity index (χ1) is 6.55. The minimum atomic E-state index is -5.13. The summed E-state index contributed by atoms with van der Waals surface area (Å²) in [4.78, 5) is 0. The van der Waals surface area contributed by atoms with E-state index in [1.165, 1.54) is 0 Å². The normalized spacial score (nSPS) is 15.2. The third-order valence-electron chi connectivity index (χ3n) is 0.814. The van der Waals surface area contributed by atoms with Crippen molar-refractivity contribution >= 4 is 20.2 Å². The quantitative estimate of drug-likeness (QED) is 0.555. The van der Waals surface area contributed by atoms with Gasteiger partial charge in [0.15, 0.2) is 0 Å². The fourth-order valence-electron chi connectivity index (χ4n) is 0.263. The molecule has 0 fully saturated rings. The third-order valence-corrected chi connectivity index (χ3v) is 1.99. The number of rotatable bonds is 4. The van der Waals surface area contributed by atoms with Crippen molar-refractivity contribution in [2.45, 2.75) is 0 Å². The second kappa shape index (κ2) is 4.65. The summed E-state index contributed by atoms with van der Waals surface area (Å²) < 4.78 is 83.8. The van der Waals surface area contributed by atoms with Gasteiger partial charge in [0.05, 0.1) is 0 Å². The summed E-state index contributed by atoms with van der Waals surface area (Å²) in [6.45, 7) is 0. The summed E-state index contributed by atoms with van der Waals surface area (Å²) in [5.74, 6) is 0. The molecule has 0 saturated heterocycles. The van der Waals surface area contributed by atoms with Gasteiger partial charge in [0.1, 0.15) is 12.5 Å². The second-order valence-corrected chi connectivity index (χ2v) is 4.61. The highest BCUT2D eigenvalue weighted by Gasteiger charge is 2.15. The van der Waals surface area contributed by atoms with Gasteiger partial charge in [-0.05, 0) is 0 Å². The van der Waals surface area contributed by atoms with Crippen molar-refractivity contribution in [1.82, 2.24) is 0 Å². The van der Waals surface area contributed by atoms with Crippen LogP contribution >= 0.6 is 0 Å². The highest BCUT2D eigenvalue weighted by Crippen LogP contribution is 2.08. The maximum absolute atomic E-state index is 12.2. The number of hydrogen-bond donors (Lipinski definition) is 2. The molecule has 0 aliphatic carbocycles. The van der Waals surface area contributed by atoms with Gasteiger partial charge < -0.3 is 4.74 Å². The topological polar surface area (TPSA) is 118 Å². The molecule has 7 nitrogen and oxygen atoms in total. The summed E-state index contributed by atoms with van der Waals surface area (Å²) >= 11 is 0. The van der Waals surface area contributed by atoms with Crippen molar-refractivity contribution in [2.75, 3.05) is 0 Å². The summed E-state index contributed by atoms with van der Waals surface area (Å²) in [5, 5.41) is -4.33. The van der Waals surface area contributed by atoms with E-state index in [9.17, 15) is 25.6 Å². The van der Waals surface area contributed by atoms with Crippen LogP contribution in [0.15, 0.2) is 22.8 Å². The van der Waals surface area contributed by atoms with Gasteiger partial charge in [0.25, 0.3) is 10.3 Å². The van der Waals surface area contributed by atoms with E-state index in [1.54, 1.807) is 0 Å². The van der Waals surface area contributed by atoms with Crippen LogP contribution in [0.2, 0.25) is 0 Å². The summed E-state index contributed by atoms with van der Waals surface area (Å²) in [6, 6.07) is 0. The number of hydrogen-bond acceptors (Lipinski definition) is 5. The number of ether oxygens (including phenoxy) is 1. The Labute approximate surface area is 83.2 Å². The molecule has 0 atom stereocenters. The van der Waals surface area contributed by atoms with E-state index < -0.39 is 30.6 Å². The van der Waals surface area contributed by atoms with Crippen LogP contribution < -0.4 is 0 Å². The molecule has 0 rings (SSSR count). The van der Waals surface area contributed by atoms with Crippen molar-refractivity contribution in [2.24, 2.45) is 0 Å². The smallest absolute Gasteiger partial charge is 0.325 e. The van der Waals surface area contributed by atoms with Crippen LogP contribution in [-0.4, -0.2) is 25.9 Å². The summed E-state index contributed by atoms with van der Waals surface area (Å²) in [6.07, 6.45) is -0.555. The Morgan fingerprint density at radius 1 is 0.933 bits per heavy atom. The van der Waals surface area contributed by atoms with E-state index in [0.717, 1.165) is 0 Å². The van der Waals surface area contributed by atoms with Gasteiger partial charge in [-0.3, -0.25) is 9.11 Å². The molecule has 2 N–H and O–H groups in total. The Morgan fingerprint density at radius 3 is 1.40 bits per heavy atom. The molecule has 0 aromatic carbocycles. The summed E-state index contributed by atoms with van der Waals surface area (Å²) in [7, 11) is -10.3. The minimum absolute atomic E-state index is 0.278. The Hall–Kier alpha value is -1.04. The van der Waals surface area contributed by atoms with Crippen molar-refractivity contribution in [3.63, 3.8) is 0 Å². The molecule has 0 aromatic rings. The maximum Gasteiger partial charge on any atom is 0.325 e. The minimum Gasteiger partial charge on any atom is -0.465 e. The van der Waals surface area contributed by atoms with Crippen LogP contribution in [0.3, 0.4) is 0 Å². The molecule has 11 heteroatoms. The average Bonchev–Trinajstić information content (AvgIpc) is 2.00. The van der Waals surface area contributed by atoms with Crippen LogP contribution in [0, 0.1) is 0 Å². The van der Waals surface area contributed by atoms with Gasteiger partial charge >= 0.3 is 20.2 Å². The maximum atomic E-state index is 12.2. The van der Waals surface area contributed by atoms with Crippen LogP contribution in [0.25, 0.3) is 0 Å². The lowest BCUT2D eigenvalue weighted by atomic mass is 11.0. The van der Waals surface area contributed by atoms with E-state index in [-0.39, 0.29) is 12.5 Å². The zero-order chi connectivity index (χ0) is 12.3. The standard InChI is InChI=1S/C4H4F2O7S2/c5-3(14(7,8)9)1-13-2-4(6)15(10,11)12/h1-2H,(H,7,8,9)(H,10,11,12). The molecule has 0 aliphatic rings. The second-order valence-electron chi connectivity index (χ2n) is 1.93. The highest BCUT2D eigenvalue weighted by molar-refractivity contribution is 7.89. The Balaban J connectivity index is 4.72. The Morgan fingerprint density at radius 2 is 1.20 bits per heavy atom. The summed E-state index contributed by atoms with van der Waals surface area (Å²) in [5.41, 5.74) is 0. The molecule has 0 aromatic heterocycles. The fraction of sp³-hybridized carbons (Fsp3) is 0. The molecule has 0 heterocycles. The molecule has 0 bridgehead atoms. The van der Waals surface area contributed by atoms with E-state index in [2.05, 4.69) is 4.74 Å². The average molecular weight is 266 g/mol. The van der Waals surface area contributed by atoms with Crippen molar-refractivity contribution < 1.29 is 39.5 Å². The van der Waals surface area contributed by atoms with Crippen molar-refractivity contribution in [3.05, 3.63) is 22.8 Å². The largest absolute Gasteiger partial charge is 0.465 e. The highest BCUT2D eigenvalue weighted by atomic mass is 32.2. The van der Waals surface area contributed by atoms with Crippen molar-refractivity contribution in [1.29, 1.82) is 0 Å². The first-order valence-corrected chi connectivity index (χ1v) is 5.75. The Bertz CT molecular complexity index is 439. The molecule has 0 unspecified atom stereocenters. The lowest BCUT2D eigenvalue weighted by molar-refractivity contribution is 0.367. The van der Waals surface area contributed by atoms with Crippen LogP contribution in [-0.2, 0) is 25.0 Å². The molecule has 0 saturated carbocycles. The van der Waals surface area contributed by atoms with E-state index >= 15 is 0 Å². The first kappa shape index (κ1) is 14.0. The Kier molecular flexibility index (Phi) is 4.33. The number of halogens is 2. The molecule has 0 aliphatic heterocycles. The van der Waals surface area contributed by atoms with Crippen LogP contribution in [0.1, 0.15) is 0 Å². The monoisotopic (exact) mass is 266 g/mol. The van der Waals surface area contributed by atoms with Crippen LogP contribution in [0.5, 0.6) is 0 Å². The van der Waals surface area contributed by atoms with Gasteiger partial charge in [0, 0.05) is 0 Å². The van der Waals surface area contributed by atoms with Crippen LogP contribution in [0.4, 0.5) is 8.78 Å². The molecular weight excluding hydrogens is 262 g/mol. The molecular formula is C4H4F2O7S2. The van der Waals surface area contributed by atoms with E-state index in [0.29, 0.717) is 0 Å². The first-order valence-electron chi connectivity index (χ1n) is 2.87. The predicted octanol–water partition coefficient (Wildman–Crippen LogP) is 0.315. The van der Waals surface area contributed by atoms with Gasteiger partial charge in [-0.25, -0.2) is 0 Å². The molecule has 0 spiro atoms. The zero-order valence-electron chi connectivity index (χ0n) is 6.66. The van der Waals surface area contributed by atoms with E-state index in [1.807, 2.05) is 0 Å². The molecule has 0 radical (unpaired) electrons. The van der Waals surface area contributed by atoms with Gasteiger partial charge in [-0.15, -0.1) is 0 Å². The van der Waals surface area contributed by atoms with Gasteiger partial charge in [-0.2, -0.15) is 25.6 Å². The lowest BCUT2D eigenvalue weighted by Gasteiger charge is -1.93. The van der Waals surface area contributed by atoms with Gasteiger partial charge in [0.2, 0.25) is 0 Å². The molecule has 15 heavy (non-hydrogen) atoms. The van der Waals surface area contributed by atoms with E-state index in [4.69, 9.17) is 9.11 Å². The third kappa shape index (κ3) is 5.41. The molecule has 0 amide bonds. The SMILES string of the molecule is O=S(=O)(O)C(F)=COC=C(F)S(=O)(=O)O. The van der Waals surface area contributed by atoms with Gasteiger partial charge in [-0.1, -0.05) is 0 Å². The molecule has 88 valence electrons. The van der Waals surface area contributed by atoms with Crippen molar-refractivity contribution in [3.8, 4) is 0 Å². The zero-order valence-corrected chi connectivity index (χ0v) is 8.30.